The highest BCUT2D eigenvalue weighted by Crippen LogP contribution is 2.20. The van der Waals surface area contributed by atoms with E-state index in [1.54, 1.807) is 0 Å². The Bertz CT molecular complexity index is 602. The molecule has 1 heterocycles. The highest BCUT2D eigenvalue weighted by Gasteiger charge is 2.30. The second-order valence-electron chi connectivity index (χ2n) is 4.55. The highest BCUT2D eigenvalue weighted by atomic mass is 32.2. The number of fused-ring (bicyclic) bond motifs is 1. The minimum atomic E-state index is -3.94. The average molecular weight is 300 g/mol. The summed E-state index contributed by atoms with van der Waals surface area (Å²) in [5, 5.41) is 17.7. The van der Waals surface area contributed by atoms with Crippen LogP contribution >= 0.6 is 0 Å². The molecule has 0 amide bonds. The lowest BCUT2D eigenvalue weighted by Crippen LogP contribution is -2.50. The van der Waals surface area contributed by atoms with E-state index >= 15 is 0 Å². The Morgan fingerprint density at radius 2 is 2.00 bits per heavy atom. The number of nitrogens with zero attached hydrogens (tertiary/aromatic N) is 1. The normalized spacial score (nSPS) is 17.4. The van der Waals surface area contributed by atoms with Crippen LogP contribution in [0.4, 0.5) is 0 Å². The molecule has 1 atom stereocenters. The third-order valence-electron chi connectivity index (χ3n) is 3.21. The van der Waals surface area contributed by atoms with Crippen molar-refractivity contribution in [1.82, 2.24) is 9.03 Å². The number of hydrogen-bond acceptors (Lipinski definition) is 4. The Morgan fingerprint density at radius 3 is 2.60 bits per heavy atom. The van der Waals surface area contributed by atoms with Crippen molar-refractivity contribution in [3.8, 4) is 0 Å². The van der Waals surface area contributed by atoms with Crippen molar-refractivity contribution in [3.63, 3.8) is 0 Å². The van der Waals surface area contributed by atoms with Gasteiger partial charge in [-0.2, -0.15) is 17.4 Å². The van der Waals surface area contributed by atoms with Crippen LogP contribution in [0, 0.1) is 0 Å². The van der Waals surface area contributed by atoms with Crippen molar-refractivity contribution >= 4 is 16.2 Å². The zero-order chi connectivity index (χ0) is 14.8. The Morgan fingerprint density at radius 1 is 1.35 bits per heavy atom. The van der Waals surface area contributed by atoms with Gasteiger partial charge < -0.3 is 10.2 Å². The Hall–Kier alpha value is -1.48. The summed E-state index contributed by atoms with van der Waals surface area (Å²) in [6.45, 7) is -0.313. The van der Waals surface area contributed by atoms with Crippen LogP contribution in [0.2, 0.25) is 0 Å². The fourth-order valence-electron chi connectivity index (χ4n) is 2.10. The van der Waals surface area contributed by atoms with Crippen molar-refractivity contribution in [2.24, 2.45) is 0 Å². The monoisotopic (exact) mass is 300 g/mol. The molecule has 0 fully saturated rings. The van der Waals surface area contributed by atoms with E-state index in [-0.39, 0.29) is 13.1 Å². The predicted octanol–water partition coefficient (Wildman–Crippen LogP) is -0.675. The fourth-order valence-corrected chi connectivity index (χ4v) is 3.42. The summed E-state index contributed by atoms with van der Waals surface area (Å²) in [6, 6.07) is 5.99. The molecular weight excluding hydrogens is 284 g/mol. The number of hydrogen-bond donors (Lipinski definition) is 3. The molecule has 0 radical (unpaired) electrons. The first-order valence-corrected chi connectivity index (χ1v) is 7.56. The van der Waals surface area contributed by atoms with Crippen LogP contribution in [0.1, 0.15) is 11.1 Å². The lowest BCUT2D eigenvalue weighted by molar-refractivity contribution is -0.139. The number of aliphatic hydroxyl groups excluding tert-OH is 1. The molecule has 7 nitrogen and oxygen atoms in total. The molecule has 110 valence electrons. The van der Waals surface area contributed by atoms with Gasteiger partial charge in [0, 0.05) is 13.1 Å². The minimum Gasteiger partial charge on any atom is -0.480 e. The van der Waals surface area contributed by atoms with E-state index in [2.05, 4.69) is 0 Å². The number of carboxylic acid groups (broad SMARTS) is 1. The van der Waals surface area contributed by atoms with Crippen molar-refractivity contribution in [1.29, 1.82) is 0 Å². The van der Waals surface area contributed by atoms with E-state index in [0.717, 1.165) is 11.1 Å². The minimum absolute atomic E-state index is 0.198. The molecule has 0 aliphatic carbocycles. The summed E-state index contributed by atoms with van der Waals surface area (Å²) in [5.74, 6) is -1.41. The van der Waals surface area contributed by atoms with Crippen LogP contribution in [0.25, 0.3) is 0 Å². The zero-order valence-corrected chi connectivity index (χ0v) is 11.5. The first-order chi connectivity index (χ1) is 9.44. The highest BCUT2D eigenvalue weighted by molar-refractivity contribution is 7.87. The topological polar surface area (TPSA) is 107 Å². The van der Waals surface area contributed by atoms with Gasteiger partial charge in [-0.3, -0.25) is 4.79 Å². The molecule has 0 saturated heterocycles. The van der Waals surface area contributed by atoms with E-state index in [9.17, 15) is 13.2 Å². The number of nitrogens with one attached hydrogen (secondary N) is 1. The maximum atomic E-state index is 12.1. The molecule has 0 aromatic heterocycles. The average Bonchev–Trinajstić information content (AvgIpc) is 2.44. The van der Waals surface area contributed by atoms with Crippen molar-refractivity contribution < 1.29 is 23.4 Å². The number of aliphatic hydroxyl groups is 1. The maximum Gasteiger partial charge on any atom is 0.324 e. The number of benzene rings is 1. The van der Waals surface area contributed by atoms with E-state index in [1.807, 2.05) is 29.0 Å². The van der Waals surface area contributed by atoms with Crippen LogP contribution in [0.5, 0.6) is 0 Å². The Balaban J connectivity index is 2.14. The standard InChI is InChI=1S/C12H16N2O5S/c15-8-11(12(16)17)13-20(18,19)14-6-5-9-3-1-2-4-10(9)7-14/h1-4,11,13,15H,5-8H2,(H,16,17)/t11-/m0/s1. The molecule has 3 N–H and O–H groups in total. The SMILES string of the molecule is O=C(O)[C@H](CO)NS(=O)(=O)N1CCc2ccccc2C1. The molecule has 0 unspecified atom stereocenters. The summed E-state index contributed by atoms with van der Waals surface area (Å²) in [5.41, 5.74) is 2.00. The molecule has 0 spiro atoms. The Labute approximate surface area is 117 Å². The molecule has 2 rings (SSSR count). The third kappa shape index (κ3) is 3.15. The van der Waals surface area contributed by atoms with Gasteiger partial charge in [0.15, 0.2) is 0 Å². The molecule has 0 saturated carbocycles. The second-order valence-corrected chi connectivity index (χ2v) is 6.25. The molecular formula is C12H16N2O5S. The quantitative estimate of drug-likeness (QED) is 0.668. The van der Waals surface area contributed by atoms with E-state index in [0.29, 0.717) is 6.42 Å². The largest absolute Gasteiger partial charge is 0.480 e. The molecule has 20 heavy (non-hydrogen) atoms. The molecule has 0 bridgehead atoms. The smallest absolute Gasteiger partial charge is 0.324 e. The van der Waals surface area contributed by atoms with Gasteiger partial charge in [-0.1, -0.05) is 24.3 Å². The van der Waals surface area contributed by atoms with Gasteiger partial charge in [0.05, 0.1) is 6.61 Å². The van der Waals surface area contributed by atoms with Crippen molar-refractivity contribution in [3.05, 3.63) is 35.4 Å². The maximum absolute atomic E-state index is 12.1. The van der Waals surface area contributed by atoms with Crippen molar-refractivity contribution in [2.75, 3.05) is 13.2 Å². The van der Waals surface area contributed by atoms with Gasteiger partial charge in [0.25, 0.3) is 10.2 Å². The summed E-state index contributed by atoms with van der Waals surface area (Å²) in [7, 11) is -3.94. The van der Waals surface area contributed by atoms with Gasteiger partial charge in [-0.25, -0.2) is 0 Å². The van der Waals surface area contributed by atoms with E-state index in [4.69, 9.17) is 10.2 Å². The first-order valence-electron chi connectivity index (χ1n) is 6.12. The summed E-state index contributed by atoms with van der Waals surface area (Å²) >= 11 is 0. The zero-order valence-electron chi connectivity index (χ0n) is 10.7. The molecule has 1 aromatic carbocycles. The van der Waals surface area contributed by atoms with Crippen LogP contribution in [-0.4, -0.2) is 48.1 Å². The van der Waals surface area contributed by atoms with Gasteiger partial charge in [-0.15, -0.1) is 0 Å². The van der Waals surface area contributed by atoms with Crippen molar-refractivity contribution in [2.45, 2.75) is 19.0 Å². The summed E-state index contributed by atoms with van der Waals surface area (Å²) in [4.78, 5) is 10.8. The Kier molecular flexibility index (Phi) is 4.39. The lowest BCUT2D eigenvalue weighted by Gasteiger charge is -2.28. The number of carboxylic acids is 1. The van der Waals surface area contributed by atoms with Gasteiger partial charge in [-0.05, 0) is 17.5 Å². The summed E-state index contributed by atoms with van der Waals surface area (Å²) in [6.07, 6.45) is 0.577. The molecule has 8 heteroatoms. The first kappa shape index (κ1) is 14.9. The molecule has 1 aliphatic heterocycles. The van der Waals surface area contributed by atoms with Crippen LogP contribution in [0.15, 0.2) is 24.3 Å². The molecule has 1 aromatic rings. The fraction of sp³-hybridized carbons (Fsp3) is 0.417. The predicted molar refractivity (Wildman–Crippen MR) is 71.1 cm³/mol. The third-order valence-corrected chi connectivity index (χ3v) is 4.78. The van der Waals surface area contributed by atoms with Crippen LogP contribution in [0.3, 0.4) is 0 Å². The van der Waals surface area contributed by atoms with Crippen LogP contribution < -0.4 is 4.72 Å². The lowest BCUT2D eigenvalue weighted by atomic mass is 10.0. The van der Waals surface area contributed by atoms with E-state index in [1.165, 1.54) is 4.31 Å². The second kappa shape index (κ2) is 5.88. The summed E-state index contributed by atoms with van der Waals surface area (Å²) < 4.78 is 27.4. The van der Waals surface area contributed by atoms with Gasteiger partial charge >= 0.3 is 5.97 Å². The van der Waals surface area contributed by atoms with Gasteiger partial charge in [0.1, 0.15) is 6.04 Å². The van der Waals surface area contributed by atoms with E-state index < -0.39 is 28.8 Å². The van der Waals surface area contributed by atoms with Gasteiger partial charge in [0.2, 0.25) is 0 Å². The molecule has 1 aliphatic rings. The van der Waals surface area contributed by atoms with Crippen LogP contribution in [-0.2, 0) is 28.0 Å². The number of aliphatic carboxylic acids is 1. The number of carbonyl (C=O) groups is 1. The number of rotatable bonds is 5.